The van der Waals surface area contributed by atoms with Gasteiger partial charge in [-0.05, 0) is 122 Å². The smallest absolute Gasteiger partial charge is 0.306 e. The lowest BCUT2D eigenvalue weighted by atomic mass is 10.1. The van der Waals surface area contributed by atoms with Crippen LogP contribution in [0.25, 0.3) is 0 Å². The molecule has 0 aliphatic rings. The number of hydrogen-bond donors (Lipinski definition) is 0. The molecule has 6 nitrogen and oxygen atoms in total. The highest BCUT2D eigenvalue weighted by Crippen LogP contribution is 2.15. The van der Waals surface area contributed by atoms with Crippen LogP contribution in [0.2, 0.25) is 0 Å². The van der Waals surface area contributed by atoms with Crippen LogP contribution in [0.15, 0.2) is 109 Å². The van der Waals surface area contributed by atoms with E-state index in [1.807, 2.05) is 0 Å². The van der Waals surface area contributed by atoms with Gasteiger partial charge in [-0.3, -0.25) is 14.4 Å². The van der Waals surface area contributed by atoms with Gasteiger partial charge < -0.3 is 14.2 Å². The highest BCUT2D eigenvalue weighted by atomic mass is 16.6. The van der Waals surface area contributed by atoms with Gasteiger partial charge in [0.05, 0.1) is 0 Å². The minimum Gasteiger partial charge on any atom is -0.462 e. The fraction of sp³-hybridized carbons (Fsp3) is 0.691. The van der Waals surface area contributed by atoms with E-state index in [2.05, 4.69) is 130 Å². The molecule has 0 aromatic rings. The maximum absolute atomic E-state index is 12.9. The van der Waals surface area contributed by atoms with Crippen LogP contribution in [0.5, 0.6) is 0 Å². The standard InChI is InChI=1S/C68H114O6/c1-4-7-10-13-16-19-22-25-28-31-34-37-40-43-46-49-52-55-58-61-67(70)73-64-65(63-72-66(69)60-57-54-51-48-45-42-39-36-33-30-27-24-21-18-15-12-9-6-3)74-68(71)62-59-56-53-50-47-44-41-38-35-32-29-26-23-20-17-14-11-8-5-2/h7-8,10-11,16-17,19-20,25-26,28-29,34-39,65H,4-6,9,12-15,18,21-24,27,30-33,40-64H2,1-3H3/b10-7-,11-8-,19-16-,20-17-,28-25-,29-26-,37-34-,38-35-,39-36-. The van der Waals surface area contributed by atoms with Gasteiger partial charge in [-0.25, -0.2) is 0 Å². The maximum Gasteiger partial charge on any atom is 0.306 e. The van der Waals surface area contributed by atoms with Crippen molar-refractivity contribution in [2.45, 2.75) is 290 Å². The number of carbonyl (C=O) groups excluding carboxylic acids is 3. The van der Waals surface area contributed by atoms with Crippen LogP contribution in [0.1, 0.15) is 284 Å². The number of esters is 3. The molecule has 0 heterocycles. The van der Waals surface area contributed by atoms with Crippen LogP contribution in [-0.2, 0) is 28.6 Å². The van der Waals surface area contributed by atoms with Crippen molar-refractivity contribution in [2.24, 2.45) is 0 Å². The summed E-state index contributed by atoms with van der Waals surface area (Å²) in [7, 11) is 0. The zero-order valence-corrected chi connectivity index (χ0v) is 48.3. The molecule has 0 aliphatic heterocycles. The topological polar surface area (TPSA) is 78.9 Å². The Kier molecular flexibility index (Phi) is 58.3. The first-order valence-corrected chi connectivity index (χ1v) is 30.9. The van der Waals surface area contributed by atoms with Crippen molar-refractivity contribution in [3.8, 4) is 0 Å². The van der Waals surface area contributed by atoms with Crippen LogP contribution in [0, 0.1) is 0 Å². The normalized spacial score (nSPS) is 12.9. The van der Waals surface area contributed by atoms with Gasteiger partial charge in [-0.15, -0.1) is 0 Å². The Bertz CT molecular complexity index is 1510. The first kappa shape index (κ1) is 70.1. The summed E-state index contributed by atoms with van der Waals surface area (Å²) >= 11 is 0. The highest BCUT2D eigenvalue weighted by molar-refractivity contribution is 5.71. The number of unbranched alkanes of at least 4 members (excludes halogenated alkanes) is 26. The molecular formula is C68H114O6. The minimum absolute atomic E-state index is 0.0938. The largest absolute Gasteiger partial charge is 0.462 e. The van der Waals surface area contributed by atoms with Gasteiger partial charge >= 0.3 is 17.9 Å². The third-order valence-electron chi connectivity index (χ3n) is 13.0. The zero-order valence-electron chi connectivity index (χ0n) is 48.3. The Morgan fingerprint density at radius 2 is 0.527 bits per heavy atom. The van der Waals surface area contributed by atoms with Crippen molar-refractivity contribution in [3.63, 3.8) is 0 Å². The van der Waals surface area contributed by atoms with Crippen molar-refractivity contribution in [1.82, 2.24) is 0 Å². The number of rotatable bonds is 55. The molecule has 0 aromatic heterocycles. The summed E-state index contributed by atoms with van der Waals surface area (Å²) in [5.74, 6) is -0.924. The monoisotopic (exact) mass is 1030 g/mol. The Balaban J connectivity index is 4.46. The second-order valence-corrected chi connectivity index (χ2v) is 20.2. The van der Waals surface area contributed by atoms with Crippen LogP contribution in [0.4, 0.5) is 0 Å². The quantitative estimate of drug-likeness (QED) is 0.0261. The number of hydrogen-bond acceptors (Lipinski definition) is 6. The minimum atomic E-state index is -0.799. The molecule has 0 bridgehead atoms. The van der Waals surface area contributed by atoms with Gasteiger partial charge in [0.1, 0.15) is 13.2 Å². The van der Waals surface area contributed by atoms with E-state index < -0.39 is 6.10 Å². The average Bonchev–Trinajstić information content (AvgIpc) is 3.40. The van der Waals surface area contributed by atoms with Crippen molar-refractivity contribution in [1.29, 1.82) is 0 Å². The molecule has 0 saturated heterocycles. The van der Waals surface area contributed by atoms with Crippen molar-refractivity contribution in [2.75, 3.05) is 13.2 Å². The van der Waals surface area contributed by atoms with Gasteiger partial charge in [0.2, 0.25) is 0 Å². The van der Waals surface area contributed by atoms with Crippen molar-refractivity contribution in [3.05, 3.63) is 109 Å². The van der Waals surface area contributed by atoms with E-state index in [4.69, 9.17) is 14.2 Å². The molecule has 422 valence electrons. The summed E-state index contributed by atoms with van der Waals surface area (Å²) in [6.07, 6.45) is 83.6. The molecule has 0 amide bonds. The Labute approximate surface area is 457 Å². The van der Waals surface area contributed by atoms with Gasteiger partial charge in [0.15, 0.2) is 6.10 Å². The molecule has 1 unspecified atom stereocenters. The Hall–Kier alpha value is -3.93. The van der Waals surface area contributed by atoms with E-state index in [1.54, 1.807) is 0 Å². The molecule has 0 saturated carbocycles. The first-order valence-electron chi connectivity index (χ1n) is 30.9. The third-order valence-corrected chi connectivity index (χ3v) is 13.0. The predicted molar refractivity (Wildman–Crippen MR) is 320 cm³/mol. The van der Waals surface area contributed by atoms with E-state index in [0.29, 0.717) is 19.3 Å². The van der Waals surface area contributed by atoms with Crippen LogP contribution < -0.4 is 0 Å². The fourth-order valence-electron chi connectivity index (χ4n) is 8.42. The molecule has 0 spiro atoms. The molecule has 0 aromatic carbocycles. The summed E-state index contributed by atoms with van der Waals surface area (Å²) in [6, 6.07) is 0. The van der Waals surface area contributed by atoms with Crippen molar-refractivity contribution < 1.29 is 28.6 Å². The molecule has 0 rings (SSSR count). The summed E-state index contributed by atoms with van der Waals surface area (Å²) in [5, 5.41) is 0. The maximum atomic E-state index is 12.9. The van der Waals surface area contributed by atoms with E-state index in [9.17, 15) is 14.4 Å². The number of ether oxygens (including phenoxy) is 3. The summed E-state index contributed by atoms with van der Waals surface area (Å²) < 4.78 is 16.9. The number of allylic oxidation sites excluding steroid dienone is 18. The zero-order chi connectivity index (χ0) is 53.6. The first-order chi connectivity index (χ1) is 36.5. The highest BCUT2D eigenvalue weighted by Gasteiger charge is 2.19. The molecule has 74 heavy (non-hydrogen) atoms. The van der Waals surface area contributed by atoms with E-state index in [1.165, 1.54) is 103 Å². The Morgan fingerprint density at radius 1 is 0.284 bits per heavy atom. The van der Waals surface area contributed by atoms with E-state index in [-0.39, 0.29) is 31.1 Å². The Morgan fingerprint density at radius 3 is 0.838 bits per heavy atom. The van der Waals surface area contributed by atoms with Crippen molar-refractivity contribution >= 4 is 17.9 Å². The van der Waals surface area contributed by atoms with E-state index in [0.717, 1.165) is 141 Å². The SMILES string of the molecule is CC/C=C\C/C=C\C/C=C\C/C=C\CCCCCCCCC(=O)OCC(COC(=O)CCCCCCC/C=C\CCCCCCCCCCC)OC(=O)CCCCCCCC/C=C\C/C=C\C/C=C\C/C=C\CC. The molecule has 0 fully saturated rings. The molecule has 0 aliphatic carbocycles. The van der Waals surface area contributed by atoms with Crippen LogP contribution >= 0.6 is 0 Å². The fourth-order valence-corrected chi connectivity index (χ4v) is 8.42. The van der Waals surface area contributed by atoms with E-state index >= 15 is 0 Å². The average molecular weight is 1030 g/mol. The summed E-state index contributed by atoms with van der Waals surface area (Å²) in [4.78, 5) is 38.3. The lowest BCUT2D eigenvalue weighted by Gasteiger charge is -2.18. The number of carbonyl (C=O) groups is 3. The third kappa shape index (κ3) is 59.0. The lowest BCUT2D eigenvalue weighted by Crippen LogP contribution is -2.30. The second kappa shape index (κ2) is 61.6. The molecule has 6 heteroatoms. The molecule has 1 atom stereocenters. The van der Waals surface area contributed by atoms with Crippen LogP contribution in [0.3, 0.4) is 0 Å². The van der Waals surface area contributed by atoms with Gasteiger partial charge in [-0.2, -0.15) is 0 Å². The van der Waals surface area contributed by atoms with Gasteiger partial charge in [-0.1, -0.05) is 252 Å². The van der Waals surface area contributed by atoms with Gasteiger partial charge in [0, 0.05) is 19.3 Å². The predicted octanol–water partition coefficient (Wildman–Crippen LogP) is 21.0. The lowest BCUT2D eigenvalue weighted by molar-refractivity contribution is -0.167. The summed E-state index contributed by atoms with van der Waals surface area (Å²) in [6.45, 7) is 6.40. The molecule has 0 N–H and O–H groups in total. The van der Waals surface area contributed by atoms with Crippen LogP contribution in [-0.4, -0.2) is 37.2 Å². The summed E-state index contributed by atoms with van der Waals surface area (Å²) in [5.41, 5.74) is 0. The molecule has 0 radical (unpaired) electrons. The molecular weight excluding hydrogens is 913 g/mol. The van der Waals surface area contributed by atoms with Gasteiger partial charge in [0.25, 0.3) is 0 Å². The second-order valence-electron chi connectivity index (χ2n) is 20.2.